The van der Waals surface area contributed by atoms with Crippen molar-refractivity contribution in [3.8, 4) is 11.4 Å². The molecule has 18 heteroatoms. The second-order valence-electron chi connectivity index (χ2n) is 10.6. The fraction of sp³-hybridized carbons (Fsp3) is 0.0645. The number of carbonyl (C=O) groups is 2. The molecule has 2 amide bonds. The van der Waals surface area contributed by atoms with Crippen molar-refractivity contribution < 1.29 is 19.4 Å². The van der Waals surface area contributed by atoms with Gasteiger partial charge in [-0.15, -0.1) is 0 Å². The Morgan fingerprint density at radius 1 is 0.612 bits per heavy atom. The summed E-state index contributed by atoms with van der Waals surface area (Å²) >= 11 is 2.37. The highest BCUT2D eigenvalue weighted by atomic mass is 32.2. The molecule has 49 heavy (non-hydrogen) atoms. The number of hydrogen-bond acceptors (Lipinski definition) is 11. The van der Waals surface area contributed by atoms with Gasteiger partial charge in [-0.1, -0.05) is 23.5 Å². The highest BCUT2D eigenvalue weighted by molar-refractivity contribution is 8.00. The van der Waals surface area contributed by atoms with E-state index in [0.717, 1.165) is 5.56 Å². The molecule has 3 heterocycles. The number of nitrogens with one attached hydrogen (secondary N) is 5. The van der Waals surface area contributed by atoms with Crippen LogP contribution < -0.4 is 10.6 Å². The SMILES string of the molecule is O=C(CSc1nc2ccc([N+](=O)[O-])cc2[nH]1)Nc1ccc(-c2nc3ccc(NC(=O)CSc4nc5ccc([N+](=O)[O-])cc5[nH]4)cc3[nH]2)cc1. The minimum atomic E-state index is -0.479. The summed E-state index contributed by atoms with van der Waals surface area (Å²) in [5.74, 6) is 0.262. The minimum absolute atomic E-state index is 0.0441. The number of aromatic nitrogens is 6. The number of nitro benzene ring substituents is 2. The maximum Gasteiger partial charge on any atom is 0.271 e. The molecule has 7 aromatic rings. The predicted octanol–water partition coefficient (Wildman–Crippen LogP) is 6.26. The van der Waals surface area contributed by atoms with Crippen molar-refractivity contribution in [1.29, 1.82) is 0 Å². The number of rotatable bonds is 11. The third-order valence-corrected chi connectivity index (χ3v) is 8.94. The fourth-order valence-corrected chi connectivity index (χ4v) is 6.28. The summed E-state index contributed by atoms with van der Waals surface area (Å²) in [6.07, 6.45) is 0. The Morgan fingerprint density at radius 3 is 1.63 bits per heavy atom. The van der Waals surface area contributed by atoms with Gasteiger partial charge in [0, 0.05) is 41.2 Å². The van der Waals surface area contributed by atoms with Gasteiger partial charge in [0.2, 0.25) is 11.8 Å². The molecule has 0 aliphatic carbocycles. The van der Waals surface area contributed by atoms with Gasteiger partial charge in [-0.05, 0) is 54.6 Å². The van der Waals surface area contributed by atoms with Crippen molar-refractivity contribution in [2.75, 3.05) is 22.1 Å². The lowest BCUT2D eigenvalue weighted by Crippen LogP contribution is -2.14. The van der Waals surface area contributed by atoms with E-state index in [1.54, 1.807) is 42.5 Å². The van der Waals surface area contributed by atoms with E-state index in [0.29, 0.717) is 60.6 Å². The molecule has 0 spiro atoms. The molecule has 0 radical (unpaired) electrons. The lowest BCUT2D eigenvalue weighted by molar-refractivity contribution is -0.384. The second kappa shape index (κ2) is 13.1. The summed E-state index contributed by atoms with van der Waals surface area (Å²) in [6, 6.07) is 21.2. The third kappa shape index (κ3) is 7.04. The minimum Gasteiger partial charge on any atom is -0.338 e. The summed E-state index contributed by atoms with van der Waals surface area (Å²) in [7, 11) is 0. The van der Waals surface area contributed by atoms with E-state index in [4.69, 9.17) is 0 Å². The van der Waals surface area contributed by atoms with Crippen molar-refractivity contribution in [3.63, 3.8) is 0 Å². The number of imidazole rings is 3. The Morgan fingerprint density at radius 2 is 1.08 bits per heavy atom. The van der Waals surface area contributed by atoms with Crippen LogP contribution in [0.4, 0.5) is 22.7 Å². The Hall–Kier alpha value is -6.27. The molecular weight excluding hydrogens is 673 g/mol. The van der Waals surface area contributed by atoms with E-state index in [-0.39, 0.29) is 34.7 Å². The number of aromatic amines is 3. The molecule has 0 saturated carbocycles. The highest BCUT2D eigenvalue weighted by Crippen LogP contribution is 2.27. The van der Waals surface area contributed by atoms with E-state index in [1.165, 1.54) is 47.8 Å². The second-order valence-corrected chi connectivity index (χ2v) is 12.5. The van der Waals surface area contributed by atoms with Crippen LogP contribution in [0.2, 0.25) is 0 Å². The molecule has 4 aromatic carbocycles. The monoisotopic (exact) mass is 694 g/mol. The van der Waals surface area contributed by atoms with E-state index < -0.39 is 9.85 Å². The number of nitro groups is 2. The van der Waals surface area contributed by atoms with Crippen LogP contribution in [0.1, 0.15) is 0 Å². The van der Waals surface area contributed by atoms with Gasteiger partial charge in [0.1, 0.15) is 5.82 Å². The molecule has 0 fully saturated rings. The molecule has 0 aliphatic heterocycles. The number of H-pyrrole nitrogens is 3. The van der Waals surface area contributed by atoms with Crippen LogP contribution in [-0.4, -0.2) is 63.1 Å². The van der Waals surface area contributed by atoms with Gasteiger partial charge < -0.3 is 25.6 Å². The zero-order valence-electron chi connectivity index (χ0n) is 24.9. The number of nitrogens with zero attached hydrogens (tertiary/aromatic N) is 5. The number of fused-ring (bicyclic) bond motifs is 3. The van der Waals surface area contributed by atoms with E-state index in [1.807, 2.05) is 12.1 Å². The molecule has 0 aliphatic rings. The van der Waals surface area contributed by atoms with Gasteiger partial charge in [0.15, 0.2) is 10.3 Å². The molecule has 0 bridgehead atoms. The number of thioether (sulfide) groups is 2. The molecule has 0 saturated heterocycles. The zero-order chi connectivity index (χ0) is 34.1. The quantitative estimate of drug-likeness (QED) is 0.0576. The summed E-state index contributed by atoms with van der Waals surface area (Å²) in [5, 5.41) is 28.7. The molecule has 244 valence electrons. The van der Waals surface area contributed by atoms with Crippen LogP contribution in [0.25, 0.3) is 44.5 Å². The lowest BCUT2D eigenvalue weighted by atomic mass is 10.2. The van der Waals surface area contributed by atoms with Gasteiger partial charge in [0.05, 0.1) is 54.5 Å². The molecular formula is C31H22N10O6S2. The van der Waals surface area contributed by atoms with Crippen molar-refractivity contribution in [2.45, 2.75) is 10.3 Å². The van der Waals surface area contributed by atoms with Crippen molar-refractivity contribution in [1.82, 2.24) is 29.9 Å². The Labute approximate surface area is 282 Å². The normalized spacial score (nSPS) is 11.3. The Balaban J connectivity index is 0.927. The van der Waals surface area contributed by atoms with Gasteiger partial charge in [-0.25, -0.2) is 15.0 Å². The molecule has 16 nitrogen and oxygen atoms in total. The van der Waals surface area contributed by atoms with Crippen molar-refractivity contribution in [3.05, 3.63) is 99.1 Å². The van der Waals surface area contributed by atoms with Crippen LogP contribution in [0.15, 0.2) is 89.2 Å². The summed E-state index contributed by atoms with van der Waals surface area (Å²) in [5.41, 5.74) is 5.48. The first-order valence-corrected chi connectivity index (χ1v) is 16.4. The highest BCUT2D eigenvalue weighted by Gasteiger charge is 2.14. The number of carbonyl (C=O) groups excluding carboxylic acids is 2. The molecule has 3 aromatic heterocycles. The number of anilines is 2. The first-order chi connectivity index (χ1) is 23.7. The number of benzene rings is 4. The molecule has 0 unspecified atom stereocenters. The smallest absolute Gasteiger partial charge is 0.271 e. The first kappa shape index (κ1) is 31.3. The average Bonchev–Trinajstić information content (AvgIpc) is 3.82. The summed E-state index contributed by atoms with van der Waals surface area (Å²) < 4.78 is 0. The number of non-ortho nitro benzene ring substituents is 2. The average molecular weight is 695 g/mol. The van der Waals surface area contributed by atoms with Gasteiger partial charge in [-0.2, -0.15) is 0 Å². The number of amides is 2. The van der Waals surface area contributed by atoms with Gasteiger partial charge in [-0.3, -0.25) is 29.8 Å². The topological polar surface area (TPSA) is 231 Å². The molecule has 7 rings (SSSR count). The van der Waals surface area contributed by atoms with E-state index in [2.05, 4.69) is 40.5 Å². The number of hydrogen-bond donors (Lipinski definition) is 5. The Bertz CT molecular complexity index is 2420. The van der Waals surface area contributed by atoms with Gasteiger partial charge in [0.25, 0.3) is 11.4 Å². The standard InChI is InChI=1S/C31H22N10O6S2/c42-27(14-48-30-36-22-9-6-19(40(44)45)12-25(22)38-30)32-17-3-1-16(2-4-17)29-34-21-8-5-18(11-24(21)35-29)33-28(43)15-49-31-37-23-10-7-20(41(46)47)13-26(23)39-31/h1-13H,14-15H2,(H,32,42)(H,33,43)(H,34,35)(H,36,38)(H,37,39). The van der Waals surface area contributed by atoms with Crippen molar-refractivity contribution >= 4 is 91.2 Å². The molecule has 0 atom stereocenters. The van der Waals surface area contributed by atoms with Crippen LogP contribution in [0.3, 0.4) is 0 Å². The first-order valence-electron chi connectivity index (χ1n) is 14.4. The van der Waals surface area contributed by atoms with E-state index >= 15 is 0 Å². The van der Waals surface area contributed by atoms with Crippen molar-refractivity contribution in [2.24, 2.45) is 0 Å². The van der Waals surface area contributed by atoms with Crippen LogP contribution in [0, 0.1) is 20.2 Å². The maximum atomic E-state index is 12.7. The summed E-state index contributed by atoms with van der Waals surface area (Å²) in [4.78, 5) is 68.9. The van der Waals surface area contributed by atoms with Crippen LogP contribution in [0.5, 0.6) is 0 Å². The zero-order valence-corrected chi connectivity index (χ0v) is 26.6. The predicted molar refractivity (Wildman–Crippen MR) is 186 cm³/mol. The van der Waals surface area contributed by atoms with E-state index in [9.17, 15) is 29.8 Å². The summed E-state index contributed by atoms with van der Waals surface area (Å²) in [6.45, 7) is 0. The maximum absolute atomic E-state index is 12.7. The lowest BCUT2D eigenvalue weighted by Gasteiger charge is -2.05. The third-order valence-electron chi connectivity index (χ3n) is 7.20. The largest absolute Gasteiger partial charge is 0.338 e. The Kier molecular flexibility index (Phi) is 8.37. The van der Waals surface area contributed by atoms with Crippen LogP contribution in [-0.2, 0) is 9.59 Å². The van der Waals surface area contributed by atoms with Gasteiger partial charge >= 0.3 is 0 Å². The van der Waals surface area contributed by atoms with Crippen LogP contribution >= 0.6 is 23.5 Å². The fourth-order valence-electron chi connectivity index (χ4n) is 4.91. The molecule has 5 N–H and O–H groups in total.